The number of imidazole rings is 1. The fraction of sp³-hybridized carbons (Fsp3) is 0.320. The van der Waals surface area contributed by atoms with Gasteiger partial charge in [0.05, 0.1) is 33.2 Å². The molecule has 4 N–H and O–H groups in total. The quantitative estimate of drug-likeness (QED) is 0.212. The molecule has 3 aromatic heterocycles. The molecule has 0 fully saturated rings. The highest BCUT2D eigenvalue weighted by atomic mass is 16.5. The van der Waals surface area contributed by atoms with Gasteiger partial charge in [-0.3, -0.25) is 4.79 Å². The van der Waals surface area contributed by atoms with E-state index in [0.29, 0.717) is 34.8 Å². The Morgan fingerprint density at radius 1 is 1.11 bits per heavy atom. The number of nitrogens with zero attached hydrogens (tertiary/aromatic N) is 3. The highest BCUT2D eigenvalue weighted by molar-refractivity contribution is 5.82. The van der Waals surface area contributed by atoms with E-state index in [1.165, 1.54) is 40.1 Å². The standard InChI is InChI=1S/C25H28N6O7/c1-13-9-16(32)19(25(34)38-13)15(14-5-6-17(35-2)22(37-4)21(14)36-3)10-18(33)26-7-8-27-23-20-24(29-11-28-20)31-12-30-23/h5-6,9,11-12,15,32H,7-8,10H2,1-4H3,(H,26,33)(H2,27,28,29,30,31)/t15-/m1/s1. The molecule has 13 nitrogen and oxygen atoms in total. The summed E-state index contributed by atoms with van der Waals surface area (Å²) >= 11 is 0. The Hall–Kier alpha value is -4.81. The maximum absolute atomic E-state index is 13.1. The topological polar surface area (TPSA) is 174 Å². The van der Waals surface area contributed by atoms with Crippen molar-refractivity contribution in [2.75, 3.05) is 39.7 Å². The number of rotatable bonds is 11. The van der Waals surface area contributed by atoms with Crippen molar-refractivity contribution in [3.63, 3.8) is 0 Å². The van der Waals surface area contributed by atoms with E-state index >= 15 is 0 Å². The van der Waals surface area contributed by atoms with Crippen molar-refractivity contribution in [2.45, 2.75) is 19.3 Å². The predicted octanol–water partition coefficient (Wildman–Crippen LogP) is 2.10. The number of carbonyl (C=O) groups excluding carboxylic acids is 1. The number of carbonyl (C=O) groups is 1. The van der Waals surface area contributed by atoms with Crippen LogP contribution in [-0.4, -0.2) is 65.4 Å². The molecule has 1 amide bonds. The van der Waals surface area contributed by atoms with E-state index in [2.05, 4.69) is 30.6 Å². The highest BCUT2D eigenvalue weighted by Crippen LogP contribution is 2.45. The Balaban J connectivity index is 1.57. The molecule has 3 heterocycles. The summed E-state index contributed by atoms with van der Waals surface area (Å²) in [6, 6.07) is 4.62. The molecule has 4 rings (SSSR count). The number of aromatic hydroxyl groups is 1. The second-order valence-corrected chi connectivity index (χ2v) is 8.22. The number of fused-ring (bicyclic) bond motifs is 1. The zero-order valence-corrected chi connectivity index (χ0v) is 21.3. The zero-order chi connectivity index (χ0) is 27.2. The first kappa shape index (κ1) is 26.3. The van der Waals surface area contributed by atoms with Crippen LogP contribution in [0.5, 0.6) is 23.0 Å². The number of benzene rings is 1. The van der Waals surface area contributed by atoms with E-state index in [4.69, 9.17) is 18.6 Å². The fourth-order valence-electron chi connectivity index (χ4n) is 4.23. The van der Waals surface area contributed by atoms with E-state index in [9.17, 15) is 14.7 Å². The molecule has 0 aliphatic heterocycles. The molecule has 0 bridgehead atoms. The van der Waals surface area contributed by atoms with Crippen LogP contribution in [0.3, 0.4) is 0 Å². The molecule has 0 aliphatic rings. The maximum Gasteiger partial charge on any atom is 0.343 e. The van der Waals surface area contributed by atoms with Crippen molar-refractivity contribution in [2.24, 2.45) is 0 Å². The van der Waals surface area contributed by atoms with E-state index in [0.717, 1.165) is 0 Å². The van der Waals surface area contributed by atoms with Crippen LogP contribution >= 0.6 is 0 Å². The summed E-state index contributed by atoms with van der Waals surface area (Å²) in [5, 5.41) is 16.6. The van der Waals surface area contributed by atoms with Gasteiger partial charge >= 0.3 is 5.63 Å². The first-order chi connectivity index (χ1) is 18.4. The number of H-pyrrole nitrogens is 1. The number of aromatic nitrogens is 4. The van der Waals surface area contributed by atoms with Gasteiger partial charge in [0, 0.05) is 37.1 Å². The van der Waals surface area contributed by atoms with Crippen molar-refractivity contribution in [3.05, 3.63) is 58.2 Å². The molecule has 200 valence electrons. The molecule has 0 radical (unpaired) electrons. The summed E-state index contributed by atoms with van der Waals surface area (Å²) in [7, 11) is 4.37. The van der Waals surface area contributed by atoms with Gasteiger partial charge in [-0.2, -0.15) is 0 Å². The second-order valence-electron chi connectivity index (χ2n) is 8.22. The Bertz CT molecular complexity index is 1500. The van der Waals surface area contributed by atoms with Crippen LogP contribution in [0.1, 0.15) is 29.2 Å². The Kier molecular flexibility index (Phi) is 7.94. The number of anilines is 1. The van der Waals surface area contributed by atoms with Gasteiger partial charge in [0.25, 0.3) is 0 Å². The van der Waals surface area contributed by atoms with Gasteiger partial charge in [-0.05, 0) is 13.0 Å². The van der Waals surface area contributed by atoms with Crippen molar-refractivity contribution >= 4 is 22.9 Å². The lowest BCUT2D eigenvalue weighted by molar-refractivity contribution is -0.121. The van der Waals surface area contributed by atoms with Crippen LogP contribution in [0.15, 0.2) is 40.1 Å². The van der Waals surface area contributed by atoms with Crippen LogP contribution in [0.2, 0.25) is 0 Å². The molecule has 38 heavy (non-hydrogen) atoms. The molecule has 1 atom stereocenters. The van der Waals surface area contributed by atoms with E-state index < -0.39 is 11.5 Å². The average molecular weight is 525 g/mol. The minimum atomic E-state index is -0.916. The minimum Gasteiger partial charge on any atom is -0.507 e. The number of aryl methyl sites for hydroxylation is 1. The molecule has 13 heteroatoms. The van der Waals surface area contributed by atoms with Crippen LogP contribution < -0.4 is 30.5 Å². The molecule has 0 saturated heterocycles. The van der Waals surface area contributed by atoms with Gasteiger partial charge in [0.15, 0.2) is 23.0 Å². The van der Waals surface area contributed by atoms with Crippen LogP contribution in [0, 0.1) is 6.92 Å². The monoisotopic (exact) mass is 524 g/mol. The number of hydrogen-bond acceptors (Lipinski definition) is 11. The lowest BCUT2D eigenvalue weighted by atomic mass is 9.87. The molecule has 0 saturated carbocycles. The summed E-state index contributed by atoms with van der Waals surface area (Å²) in [5.41, 5.74) is 0.784. The van der Waals surface area contributed by atoms with Gasteiger partial charge < -0.3 is 39.4 Å². The summed E-state index contributed by atoms with van der Waals surface area (Å²) in [6.07, 6.45) is 2.72. The normalized spacial score (nSPS) is 11.7. The van der Waals surface area contributed by atoms with Crippen molar-refractivity contribution < 1.29 is 28.5 Å². The van der Waals surface area contributed by atoms with Crippen molar-refractivity contribution in [1.82, 2.24) is 25.3 Å². The van der Waals surface area contributed by atoms with E-state index in [1.54, 1.807) is 19.1 Å². The van der Waals surface area contributed by atoms with Crippen LogP contribution in [0.4, 0.5) is 5.82 Å². The van der Waals surface area contributed by atoms with Crippen molar-refractivity contribution in [1.29, 1.82) is 0 Å². The predicted molar refractivity (Wildman–Crippen MR) is 137 cm³/mol. The largest absolute Gasteiger partial charge is 0.507 e. The van der Waals surface area contributed by atoms with Gasteiger partial charge in [-0.1, -0.05) is 6.07 Å². The molecule has 1 aromatic carbocycles. The smallest absolute Gasteiger partial charge is 0.343 e. The highest BCUT2D eigenvalue weighted by Gasteiger charge is 2.30. The minimum absolute atomic E-state index is 0.0722. The van der Waals surface area contributed by atoms with E-state index in [1.807, 2.05) is 0 Å². The van der Waals surface area contributed by atoms with Gasteiger partial charge in [-0.25, -0.2) is 19.7 Å². The maximum atomic E-state index is 13.1. The average Bonchev–Trinajstić information content (AvgIpc) is 3.38. The summed E-state index contributed by atoms with van der Waals surface area (Å²) in [4.78, 5) is 41.2. The second kappa shape index (κ2) is 11.5. The first-order valence-corrected chi connectivity index (χ1v) is 11.6. The van der Waals surface area contributed by atoms with Crippen LogP contribution in [0.25, 0.3) is 11.2 Å². The van der Waals surface area contributed by atoms with E-state index in [-0.39, 0.29) is 47.4 Å². The lowest BCUT2D eigenvalue weighted by Gasteiger charge is -2.22. The van der Waals surface area contributed by atoms with Crippen LogP contribution in [-0.2, 0) is 4.79 Å². The third-order valence-electron chi connectivity index (χ3n) is 5.90. The molecule has 0 unspecified atom stereocenters. The third-order valence-corrected chi connectivity index (χ3v) is 5.90. The van der Waals surface area contributed by atoms with Gasteiger partial charge in [0.2, 0.25) is 11.7 Å². The Labute approximate surface area is 217 Å². The summed E-state index contributed by atoms with van der Waals surface area (Å²) in [5.74, 6) is 0.160. The van der Waals surface area contributed by atoms with Crippen molar-refractivity contribution in [3.8, 4) is 23.0 Å². The zero-order valence-electron chi connectivity index (χ0n) is 21.3. The Morgan fingerprint density at radius 2 is 1.89 bits per heavy atom. The number of nitrogens with one attached hydrogen (secondary N) is 3. The number of hydrogen-bond donors (Lipinski definition) is 4. The van der Waals surface area contributed by atoms with Gasteiger partial charge in [-0.15, -0.1) is 0 Å². The molecular formula is C25H28N6O7. The summed E-state index contributed by atoms with van der Waals surface area (Å²) < 4.78 is 21.7. The number of aromatic amines is 1. The molecule has 0 aliphatic carbocycles. The van der Waals surface area contributed by atoms with Gasteiger partial charge in [0.1, 0.15) is 23.4 Å². The molecule has 4 aromatic rings. The number of methoxy groups -OCH3 is 3. The molecular weight excluding hydrogens is 496 g/mol. The lowest BCUT2D eigenvalue weighted by Crippen LogP contribution is -2.31. The molecule has 0 spiro atoms. The first-order valence-electron chi connectivity index (χ1n) is 11.6. The number of ether oxygens (including phenoxy) is 3. The SMILES string of the molecule is COc1ccc([C@@H](CC(=O)NCCNc2ncnc3nc[nH]c23)c2c(O)cc(C)oc2=O)c(OC)c1OC. The third kappa shape index (κ3) is 5.31. The fourth-order valence-corrected chi connectivity index (χ4v) is 4.23. The number of amides is 1. The Morgan fingerprint density at radius 3 is 2.61 bits per heavy atom. The summed E-state index contributed by atoms with van der Waals surface area (Å²) in [6.45, 7) is 2.16.